The van der Waals surface area contributed by atoms with E-state index in [-0.39, 0.29) is 30.7 Å². The number of rotatable bonds is 8. The molecule has 1 amide bonds. The smallest absolute Gasteiger partial charge is 0.303 e. The van der Waals surface area contributed by atoms with E-state index in [2.05, 4.69) is 19.2 Å². The maximum Gasteiger partial charge on any atom is 0.303 e. The largest absolute Gasteiger partial charge is 0.481 e. The molecular weight excluding hydrogens is 266 g/mol. The molecule has 1 aromatic rings. The molecule has 0 saturated carbocycles. The van der Waals surface area contributed by atoms with Crippen LogP contribution in [0.2, 0.25) is 0 Å². The first-order valence-electron chi connectivity index (χ1n) is 7.44. The van der Waals surface area contributed by atoms with Gasteiger partial charge >= 0.3 is 5.97 Å². The van der Waals surface area contributed by atoms with E-state index in [1.807, 2.05) is 30.3 Å². The SMILES string of the molecule is CC(C)CC(NC(=O)CC(C)CC(=O)O)c1ccccc1. The minimum atomic E-state index is -0.864. The average molecular weight is 291 g/mol. The highest BCUT2D eigenvalue weighted by Crippen LogP contribution is 2.21. The van der Waals surface area contributed by atoms with Gasteiger partial charge in [-0.2, -0.15) is 0 Å². The Labute approximate surface area is 126 Å². The number of nitrogens with one attached hydrogen (secondary N) is 1. The lowest BCUT2D eigenvalue weighted by molar-refractivity contribution is -0.138. The van der Waals surface area contributed by atoms with Crippen molar-refractivity contribution in [3.63, 3.8) is 0 Å². The number of aliphatic carboxylic acids is 1. The highest BCUT2D eigenvalue weighted by molar-refractivity contribution is 5.77. The molecule has 0 saturated heterocycles. The van der Waals surface area contributed by atoms with Crippen molar-refractivity contribution >= 4 is 11.9 Å². The third kappa shape index (κ3) is 6.93. The number of carboxylic acids is 1. The average Bonchev–Trinajstić information content (AvgIpc) is 2.37. The Kier molecular flexibility index (Phi) is 6.92. The van der Waals surface area contributed by atoms with Gasteiger partial charge in [0, 0.05) is 12.8 Å². The second kappa shape index (κ2) is 8.45. The summed E-state index contributed by atoms with van der Waals surface area (Å²) >= 11 is 0. The molecule has 0 spiro atoms. The molecule has 21 heavy (non-hydrogen) atoms. The van der Waals surface area contributed by atoms with Crippen molar-refractivity contribution in [1.82, 2.24) is 5.32 Å². The molecule has 4 heteroatoms. The third-order valence-electron chi connectivity index (χ3n) is 3.30. The Bertz CT molecular complexity index is 456. The first kappa shape index (κ1) is 17.2. The molecule has 0 aliphatic carbocycles. The molecule has 0 bridgehead atoms. The molecule has 2 atom stereocenters. The molecule has 0 aliphatic heterocycles. The van der Waals surface area contributed by atoms with E-state index in [1.54, 1.807) is 6.92 Å². The van der Waals surface area contributed by atoms with Crippen molar-refractivity contribution in [1.29, 1.82) is 0 Å². The fourth-order valence-corrected chi connectivity index (χ4v) is 2.38. The summed E-state index contributed by atoms with van der Waals surface area (Å²) in [6.45, 7) is 6.03. The first-order valence-corrected chi connectivity index (χ1v) is 7.44. The van der Waals surface area contributed by atoms with E-state index in [4.69, 9.17) is 5.11 Å². The van der Waals surface area contributed by atoms with E-state index in [9.17, 15) is 9.59 Å². The van der Waals surface area contributed by atoms with Gasteiger partial charge in [0.25, 0.3) is 0 Å². The lowest BCUT2D eigenvalue weighted by atomic mass is 9.96. The van der Waals surface area contributed by atoms with E-state index >= 15 is 0 Å². The molecule has 2 unspecified atom stereocenters. The summed E-state index contributed by atoms with van der Waals surface area (Å²) in [5, 5.41) is 11.8. The summed E-state index contributed by atoms with van der Waals surface area (Å²) in [6.07, 6.45) is 1.13. The summed E-state index contributed by atoms with van der Waals surface area (Å²) in [5.74, 6) is -0.639. The van der Waals surface area contributed by atoms with Crippen molar-refractivity contribution in [2.24, 2.45) is 11.8 Å². The van der Waals surface area contributed by atoms with Crippen molar-refractivity contribution in [2.75, 3.05) is 0 Å². The fraction of sp³-hybridized carbons (Fsp3) is 0.529. The highest BCUT2D eigenvalue weighted by atomic mass is 16.4. The van der Waals surface area contributed by atoms with Crippen molar-refractivity contribution < 1.29 is 14.7 Å². The van der Waals surface area contributed by atoms with Gasteiger partial charge in [0.05, 0.1) is 6.04 Å². The van der Waals surface area contributed by atoms with Gasteiger partial charge in [0.2, 0.25) is 5.91 Å². The molecule has 0 fully saturated rings. The van der Waals surface area contributed by atoms with Crippen LogP contribution in [0, 0.1) is 11.8 Å². The molecule has 0 aliphatic rings. The Morgan fingerprint density at radius 3 is 2.24 bits per heavy atom. The van der Waals surface area contributed by atoms with Crippen LogP contribution < -0.4 is 5.32 Å². The second-order valence-corrected chi connectivity index (χ2v) is 6.07. The Morgan fingerprint density at radius 2 is 1.71 bits per heavy atom. The molecule has 1 aromatic carbocycles. The molecule has 0 aromatic heterocycles. The summed E-state index contributed by atoms with van der Waals surface area (Å²) in [6, 6.07) is 9.87. The Balaban J connectivity index is 2.64. The number of hydrogen-bond acceptors (Lipinski definition) is 2. The van der Waals surface area contributed by atoms with Gasteiger partial charge in [-0.15, -0.1) is 0 Å². The summed E-state index contributed by atoms with van der Waals surface area (Å²) in [4.78, 5) is 22.7. The zero-order valence-electron chi connectivity index (χ0n) is 13.0. The van der Waals surface area contributed by atoms with E-state index in [1.165, 1.54) is 0 Å². The minimum absolute atomic E-state index is 0.0178. The topological polar surface area (TPSA) is 66.4 Å². The van der Waals surface area contributed by atoms with E-state index in [0.29, 0.717) is 5.92 Å². The lowest BCUT2D eigenvalue weighted by Gasteiger charge is -2.22. The van der Waals surface area contributed by atoms with Crippen molar-refractivity contribution in [3.05, 3.63) is 35.9 Å². The van der Waals surface area contributed by atoms with Crippen LogP contribution in [-0.2, 0) is 9.59 Å². The molecule has 0 heterocycles. The fourth-order valence-electron chi connectivity index (χ4n) is 2.38. The van der Waals surface area contributed by atoms with Gasteiger partial charge in [-0.1, -0.05) is 51.1 Å². The Morgan fingerprint density at radius 1 is 1.10 bits per heavy atom. The summed E-state index contributed by atoms with van der Waals surface area (Å²) in [5.41, 5.74) is 1.09. The zero-order valence-corrected chi connectivity index (χ0v) is 13.0. The monoisotopic (exact) mass is 291 g/mol. The van der Waals surface area contributed by atoms with E-state index in [0.717, 1.165) is 12.0 Å². The van der Waals surface area contributed by atoms with Crippen LogP contribution >= 0.6 is 0 Å². The Hall–Kier alpha value is -1.84. The summed E-state index contributed by atoms with van der Waals surface area (Å²) < 4.78 is 0. The highest BCUT2D eigenvalue weighted by Gasteiger charge is 2.18. The number of carbonyl (C=O) groups is 2. The molecule has 0 radical (unpaired) electrons. The first-order chi connectivity index (χ1) is 9.88. The quantitative estimate of drug-likeness (QED) is 0.771. The number of amides is 1. The van der Waals surface area contributed by atoms with Gasteiger partial charge in [-0.3, -0.25) is 9.59 Å². The standard InChI is InChI=1S/C17H25NO3/c1-12(2)9-15(14-7-5-4-6-8-14)18-16(19)10-13(3)11-17(20)21/h4-8,12-13,15H,9-11H2,1-3H3,(H,18,19)(H,20,21). The van der Waals surface area contributed by atoms with Crippen LogP contribution in [-0.4, -0.2) is 17.0 Å². The van der Waals surface area contributed by atoms with Gasteiger partial charge in [0.15, 0.2) is 0 Å². The predicted octanol–water partition coefficient (Wildman–Crippen LogP) is 3.39. The molecule has 116 valence electrons. The number of carboxylic acid groups (broad SMARTS) is 1. The zero-order chi connectivity index (χ0) is 15.8. The van der Waals surface area contributed by atoms with Crippen molar-refractivity contribution in [2.45, 2.75) is 46.1 Å². The van der Waals surface area contributed by atoms with Crippen LogP contribution in [0.4, 0.5) is 0 Å². The molecule has 4 nitrogen and oxygen atoms in total. The normalized spacial score (nSPS) is 13.7. The van der Waals surface area contributed by atoms with Gasteiger partial charge in [-0.05, 0) is 23.8 Å². The summed E-state index contributed by atoms with van der Waals surface area (Å²) in [7, 11) is 0. The third-order valence-corrected chi connectivity index (χ3v) is 3.30. The van der Waals surface area contributed by atoms with Gasteiger partial charge < -0.3 is 10.4 Å². The van der Waals surface area contributed by atoms with Crippen molar-refractivity contribution in [3.8, 4) is 0 Å². The van der Waals surface area contributed by atoms with Crippen LogP contribution in [0.15, 0.2) is 30.3 Å². The van der Waals surface area contributed by atoms with Crippen LogP contribution in [0.3, 0.4) is 0 Å². The lowest BCUT2D eigenvalue weighted by Crippen LogP contribution is -2.30. The maximum absolute atomic E-state index is 12.1. The maximum atomic E-state index is 12.1. The number of hydrogen-bond donors (Lipinski definition) is 2. The number of carbonyl (C=O) groups excluding carboxylic acids is 1. The second-order valence-electron chi connectivity index (χ2n) is 6.07. The van der Waals surface area contributed by atoms with E-state index < -0.39 is 5.97 Å². The van der Waals surface area contributed by atoms with Crippen LogP contribution in [0.1, 0.15) is 51.6 Å². The molecule has 1 rings (SSSR count). The van der Waals surface area contributed by atoms with Crippen LogP contribution in [0.25, 0.3) is 0 Å². The number of benzene rings is 1. The predicted molar refractivity (Wildman–Crippen MR) is 82.8 cm³/mol. The minimum Gasteiger partial charge on any atom is -0.481 e. The van der Waals surface area contributed by atoms with Gasteiger partial charge in [-0.25, -0.2) is 0 Å². The van der Waals surface area contributed by atoms with Crippen LogP contribution in [0.5, 0.6) is 0 Å². The van der Waals surface area contributed by atoms with Gasteiger partial charge in [0.1, 0.15) is 0 Å². The molecular formula is C17H25NO3. The molecule has 2 N–H and O–H groups in total.